The lowest BCUT2D eigenvalue weighted by Crippen LogP contribution is -2.45. The average molecular weight is 376 g/mol. The lowest BCUT2D eigenvalue weighted by Gasteiger charge is -2.29. The molecule has 1 N–H and O–H groups in total. The fourth-order valence-electron chi connectivity index (χ4n) is 3.19. The van der Waals surface area contributed by atoms with Crippen molar-refractivity contribution in [2.24, 2.45) is 0 Å². The lowest BCUT2D eigenvalue weighted by atomic mass is 10.1. The second kappa shape index (κ2) is 7.56. The highest BCUT2D eigenvalue weighted by molar-refractivity contribution is 6.02. The number of amides is 2. The highest BCUT2D eigenvalue weighted by atomic mass is 16.5. The van der Waals surface area contributed by atoms with E-state index in [2.05, 4.69) is 10.3 Å². The predicted octanol–water partition coefficient (Wildman–Crippen LogP) is 2.48. The molecule has 2 heterocycles. The number of rotatable bonds is 5. The average Bonchev–Trinajstić information content (AvgIpc) is 3.25. The van der Waals surface area contributed by atoms with Crippen LogP contribution in [0.5, 0.6) is 5.75 Å². The van der Waals surface area contributed by atoms with Crippen molar-refractivity contribution < 1.29 is 14.3 Å². The molecular formula is C21H20N4O3. The van der Waals surface area contributed by atoms with Crippen molar-refractivity contribution >= 4 is 17.5 Å². The van der Waals surface area contributed by atoms with Crippen LogP contribution in [0.1, 0.15) is 18.5 Å². The summed E-state index contributed by atoms with van der Waals surface area (Å²) in [5, 5.41) is 2.96. The standard InChI is InChI=1S/C21H20N4O3/c1-15(16-6-8-17(9-7-16)24-11-10-22-14-24)23-20(26)12-25-18-4-2-3-5-19(18)28-13-21(25)27/h2-11,14-15H,12-13H2,1H3,(H,23,26). The number of hydrogen-bond acceptors (Lipinski definition) is 4. The van der Waals surface area contributed by atoms with Crippen LogP contribution in [0, 0.1) is 0 Å². The molecule has 0 aliphatic carbocycles. The van der Waals surface area contributed by atoms with Crippen LogP contribution in [-0.4, -0.2) is 34.5 Å². The summed E-state index contributed by atoms with van der Waals surface area (Å²) < 4.78 is 7.32. The van der Waals surface area contributed by atoms with Gasteiger partial charge in [0.15, 0.2) is 6.61 Å². The number of aromatic nitrogens is 2. The van der Waals surface area contributed by atoms with Gasteiger partial charge in [-0.25, -0.2) is 4.98 Å². The van der Waals surface area contributed by atoms with Gasteiger partial charge in [-0.05, 0) is 36.8 Å². The minimum Gasteiger partial charge on any atom is -0.482 e. The van der Waals surface area contributed by atoms with E-state index in [-0.39, 0.29) is 31.0 Å². The summed E-state index contributed by atoms with van der Waals surface area (Å²) in [6.45, 7) is 1.81. The minimum absolute atomic E-state index is 0.0450. The lowest BCUT2D eigenvalue weighted by molar-refractivity contribution is -0.125. The van der Waals surface area contributed by atoms with E-state index in [1.54, 1.807) is 24.7 Å². The summed E-state index contributed by atoms with van der Waals surface area (Å²) in [5.41, 5.74) is 2.59. The van der Waals surface area contributed by atoms with Crippen molar-refractivity contribution in [3.8, 4) is 11.4 Å². The largest absolute Gasteiger partial charge is 0.482 e. The van der Waals surface area contributed by atoms with E-state index < -0.39 is 0 Å². The Bertz CT molecular complexity index is 983. The molecule has 0 radical (unpaired) electrons. The van der Waals surface area contributed by atoms with E-state index in [9.17, 15) is 9.59 Å². The van der Waals surface area contributed by atoms with E-state index in [0.717, 1.165) is 11.3 Å². The van der Waals surface area contributed by atoms with Crippen LogP contribution in [0.4, 0.5) is 5.69 Å². The smallest absolute Gasteiger partial charge is 0.265 e. The number of ether oxygens (including phenoxy) is 1. The normalized spacial score (nSPS) is 14.2. The van der Waals surface area contributed by atoms with Crippen molar-refractivity contribution in [1.29, 1.82) is 0 Å². The van der Waals surface area contributed by atoms with Crippen molar-refractivity contribution in [2.75, 3.05) is 18.1 Å². The fourth-order valence-corrected chi connectivity index (χ4v) is 3.19. The van der Waals surface area contributed by atoms with Gasteiger partial charge in [-0.1, -0.05) is 24.3 Å². The maximum atomic E-state index is 12.5. The van der Waals surface area contributed by atoms with Gasteiger partial charge in [-0.15, -0.1) is 0 Å². The highest BCUT2D eigenvalue weighted by Crippen LogP contribution is 2.31. The molecule has 3 aromatic rings. The number of hydrogen-bond donors (Lipinski definition) is 1. The number of carbonyl (C=O) groups excluding carboxylic acids is 2. The minimum atomic E-state index is -0.230. The summed E-state index contributed by atoms with van der Waals surface area (Å²) in [6, 6.07) is 14.9. The molecule has 28 heavy (non-hydrogen) atoms. The molecule has 7 heteroatoms. The van der Waals surface area contributed by atoms with Gasteiger partial charge in [-0.2, -0.15) is 0 Å². The van der Waals surface area contributed by atoms with Gasteiger partial charge in [0.05, 0.1) is 18.1 Å². The van der Waals surface area contributed by atoms with Gasteiger partial charge in [0.25, 0.3) is 5.91 Å². The number of fused-ring (bicyclic) bond motifs is 1. The third-order valence-corrected chi connectivity index (χ3v) is 4.68. The molecule has 1 unspecified atom stereocenters. The summed E-state index contributed by atoms with van der Waals surface area (Å²) in [6.07, 6.45) is 5.33. The maximum Gasteiger partial charge on any atom is 0.265 e. The van der Waals surface area contributed by atoms with Crippen LogP contribution >= 0.6 is 0 Å². The van der Waals surface area contributed by atoms with Crippen LogP contribution in [0.15, 0.2) is 67.3 Å². The SMILES string of the molecule is CC(NC(=O)CN1C(=O)COc2ccccc21)c1ccc(-n2ccnc2)cc1. The summed E-state index contributed by atoms with van der Waals surface area (Å²) in [5.74, 6) is 0.153. The van der Waals surface area contributed by atoms with E-state index in [1.165, 1.54) is 4.90 Å². The zero-order valence-electron chi connectivity index (χ0n) is 15.4. The summed E-state index contributed by atoms with van der Waals surface area (Å²) >= 11 is 0. The molecule has 1 aliphatic heterocycles. The van der Waals surface area contributed by atoms with Gasteiger partial charge in [0, 0.05) is 18.1 Å². The van der Waals surface area contributed by atoms with Gasteiger partial charge >= 0.3 is 0 Å². The van der Waals surface area contributed by atoms with E-state index in [4.69, 9.17) is 4.74 Å². The highest BCUT2D eigenvalue weighted by Gasteiger charge is 2.27. The van der Waals surface area contributed by atoms with E-state index in [1.807, 2.05) is 54.1 Å². The molecule has 1 aromatic heterocycles. The van der Waals surface area contributed by atoms with Crippen molar-refractivity contribution in [1.82, 2.24) is 14.9 Å². The second-order valence-corrected chi connectivity index (χ2v) is 6.59. The van der Waals surface area contributed by atoms with Crippen molar-refractivity contribution in [2.45, 2.75) is 13.0 Å². The fraction of sp³-hybridized carbons (Fsp3) is 0.190. The monoisotopic (exact) mass is 376 g/mol. The predicted molar refractivity (Wildman–Crippen MR) is 104 cm³/mol. The van der Waals surface area contributed by atoms with Gasteiger partial charge in [0.2, 0.25) is 5.91 Å². The molecule has 7 nitrogen and oxygen atoms in total. The van der Waals surface area contributed by atoms with Crippen LogP contribution in [0.25, 0.3) is 5.69 Å². The Labute approximate surface area is 162 Å². The number of benzene rings is 2. The van der Waals surface area contributed by atoms with E-state index >= 15 is 0 Å². The Morgan fingerprint density at radius 2 is 2.00 bits per heavy atom. The third kappa shape index (κ3) is 3.59. The molecule has 4 rings (SSSR count). The maximum absolute atomic E-state index is 12.5. The van der Waals surface area contributed by atoms with Crippen LogP contribution in [-0.2, 0) is 9.59 Å². The molecule has 1 atom stereocenters. The molecule has 0 saturated carbocycles. The Morgan fingerprint density at radius 1 is 1.21 bits per heavy atom. The molecule has 142 valence electrons. The Kier molecular flexibility index (Phi) is 4.80. The van der Waals surface area contributed by atoms with Crippen molar-refractivity contribution in [3.05, 3.63) is 72.8 Å². The van der Waals surface area contributed by atoms with Crippen molar-refractivity contribution in [3.63, 3.8) is 0 Å². The summed E-state index contributed by atoms with van der Waals surface area (Å²) in [7, 11) is 0. The van der Waals surface area contributed by atoms with Gasteiger partial charge in [0.1, 0.15) is 12.3 Å². The molecule has 0 saturated heterocycles. The number of carbonyl (C=O) groups is 2. The first-order chi connectivity index (χ1) is 13.6. The first-order valence-electron chi connectivity index (χ1n) is 9.01. The first-order valence-corrected chi connectivity index (χ1v) is 9.01. The molecule has 1 aliphatic rings. The quantitative estimate of drug-likeness (QED) is 0.742. The molecule has 2 amide bonds. The van der Waals surface area contributed by atoms with Crippen LogP contribution < -0.4 is 15.0 Å². The zero-order valence-corrected chi connectivity index (χ0v) is 15.4. The first kappa shape index (κ1) is 17.8. The summed E-state index contributed by atoms with van der Waals surface area (Å²) in [4.78, 5) is 30.3. The molecular weight excluding hydrogens is 356 g/mol. The van der Waals surface area contributed by atoms with Gasteiger partial charge in [-0.3, -0.25) is 14.5 Å². The van der Waals surface area contributed by atoms with Crippen LogP contribution in [0.3, 0.4) is 0 Å². The number of nitrogens with zero attached hydrogens (tertiary/aromatic N) is 3. The number of anilines is 1. The molecule has 2 aromatic carbocycles. The second-order valence-electron chi connectivity index (χ2n) is 6.59. The molecule has 0 bridgehead atoms. The van der Waals surface area contributed by atoms with E-state index in [0.29, 0.717) is 11.4 Å². The number of imidazole rings is 1. The van der Waals surface area contributed by atoms with Crippen LogP contribution in [0.2, 0.25) is 0 Å². The molecule has 0 spiro atoms. The third-order valence-electron chi connectivity index (χ3n) is 4.68. The number of para-hydroxylation sites is 2. The topological polar surface area (TPSA) is 76.5 Å². The molecule has 0 fully saturated rings. The Morgan fingerprint density at radius 3 is 2.75 bits per heavy atom. The van der Waals surface area contributed by atoms with Gasteiger partial charge < -0.3 is 14.6 Å². The zero-order chi connectivity index (χ0) is 19.5. The Hall–Kier alpha value is -3.61. The number of nitrogens with one attached hydrogen (secondary N) is 1. The Balaban J connectivity index is 1.42.